The summed E-state index contributed by atoms with van der Waals surface area (Å²) in [5.41, 5.74) is 9.10. The maximum atomic E-state index is 13.9. The number of rotatable bonds is 6. The van der Waals surface area contributed by atoms with Gasteiger partial charge in [-0.2, -0.15) is 0 Å². The van der Waals surface area contributed by atoms with E-state index in [4.69, 9.17) is 4.98 Å². The van der Waals surface area contributed by atoms with Gasteiger partial charge < -0.3 is 10.0 Å². The Bertz CT molecular complexity index is 1590. The van der Waals surface area contributed by atoms with E-state index in [1.165, 1.54) is 34.5 Å². The Balaban J connectivity index is 1.23. The predicted molar refractivity (Wildman–Crippen MR) is 157 cm³/mol. The van der Waals surface area contributed by atoms with Crippen LogP contribution in [0.15, 0.2) is 97.1 Å². The van der Waals surface area contributed by atoms with E-state index in [2.05, 4.69) is 88.7 Å². The number of aliphatic hydroxyl groups is 1. The molecule has 1 aromatic heterocycles. The van der Waals surface area contributed by atoms with Crippen LogP contribution in [0.5, 0.6) is 0 Å². The fourth-order valence-electron chi connectivity index (χ4n) is 5.67. The van der Waals surface area contributed by atoms with Crippen LogP contribution in [0.25, 0.3) is 33.3 Å². The van der Waals surface area contributed by atoms with E-state index in [9.17, 15) is 9.50 Å². The molecule has 1 N–H and O–H groups in total. The first-order valence-electron chi connectivity index (χ1n) is 13.5. The summed E-state index contributed by atoms with van der Waals surface area (Å²) >= 11 is 0. The summed E-state index contributed by atoms with van der Waals surface area (Å²) in [6.45, 7) is 6.83. The van der Waals surface area contributed by atoms with E-state index in [-0.39, 0.29) is 12.4 Å². The highest BCUT2D eigenvalue weighted by atomic mass is 19.1. The van der Waals surface area contributed by atoms with E-state index in [1.807, 2.05) is 6.92 Å². The Labute approximate surface area is 229 Å². The third-order valence-electron chi connectivity index (χ3n) is 7.86. The quantitative estimate of drug-likeness (QED) is 0.268. The molecule has 0 radical (unpaired) electrons. The van der Waals surface area contributed by atoms with Gasteiger partial charge >= 0.3 is 0 Å². The fourth-order valence-corrected chi connectivity index (χ4v) is 5.67. The van der Waals surface area contributed by atoms with E-state index in [0.29, 0.717) is 10.9 Å². The summed E-state index contributed by atoms with van der Waals surface area (Å²) in [6.07, 6.45) is 0. The fraction of sp³-hybridized carbons (Fsp3) is 0.206. The monoisotopic (exact) mass is 517 g/mol. The molecule has 0 amide bonds. The van der Waals surface area contributed by atoms with Gasteiger partial charge in [-0.05, 0) is 65.1 Å². The molecule has 0 atom stereocenters. The van der Waals surface area contributed by atoms with Crippen LogP contribution in [0.3, 0.4) is 0 Å². The lowest BCUT2D eigenvalue weighted by Gasteiger charge is -2.36. The summed E-state index contributed by atoms with van der Waals surface area (Å²) in [6, 6.07) is 32.3. The van der Waals surface area contributed by atoms with Gasteiger partial charge in [0.25, 0.3) is 0 Å². The molecule has 5 heteroatoms. The summed E-state index contributed by atoms with van der Waals surface area (Å²) in [7, 11) is 0. The molecule has 0 unspecified atom stereocenters. The Kier molecular flexibility index (Phi) is 7.10. The number of piperazine rings is 1. The van der Waals surface area contributed by atoms with Gasteiger partial charge in [0, 0.05) is 49.4 Å². The van der Waals surface area contributed by atoms with Gasteiger partial charge in [0.1, 0.15) is 5.82 Å². The van der Waals surface area contributed by atoms with Crippen molar-refractivity contribution >= 4 is 16.6 Å². The third kappa shape index (κ3) is 5.16. The Hall–Kier alpha value is -4.06. The van der Waals surface area contributed by atoms with Gasteiger partial charge in [-0.25, -0.2) is 9.37 Å². The molecule has 4 nitrogen and oxygen atoms in total. The van der Waals surface area contributed by atoms with Crippen molar-refractivity contribution in [3.63, 3.8) is 0 Å². The molecule has 0 bridgehead atoms. The second-order valence-corrected chi connectivity index (χ2v) is 10.2. The van der Waals surface area contributed by atoms with Gasteiger partial charge in [0.05, 0.1) is 17.8 Å². The standard InChI is InChI=1S/C34H32FN3O/c1-24-32(23-39)31-21-28(35)15-16-33(31)36-34(24)26-13-11-25(12-14-26)30-10-6-5-7-27(30)22-37-17-19-38(20-18-37)29-8-3-2-4-9-29/h2-16,21,39H,17-20,22-23H2,1H3. The number of para-hydroxylation sites is 1. The number of hydrogen-bond acceptors (Lipinski definition) is 4. The van der Waals surface area contributed by atoms with E-state index in [0.717, 1.165) is 55.1 Å². The molecule has 6 rings (SSSR count). The van der Waals surface area contributed by atoms with Crippen molar-refractivity contribution in [3.05, 3.63) is 120 Å². The first-order chi connectivity index (χ1) is 19.1. The Morgan fingerprint density at radius 2 is 1.49 bits per heavy atom. The first-order valence-corrected chi connectivity index (χ1v) is 13.5. The van der Waals surface area contributed by atoms with Crippen molar-refractivity contribution in [2.45, 2.75) is 20.1 Å². The molecule has 4 aromatic carbocycles. The maximum absolute atomic E-state index is 13.9. The lowest BCUT2D eigenvalue weighted by molar-refractivity contribution is 0.250. The average Bonchev–Trinajstić information content (AvgIpc) is 2.98. The molecule has 1 saturated heterocycles. The zero-order chi connectivity index (χ0) is 26.8. The van der Waals surface area contributed by atoms with Crippen molar-refractivity contribution in [3.8, 4) is 22.4 Å². The summed E-state index contributed by atoms with van der Waals surface area (Å²) < 4.78 is 13.9. The molecule has 0 aliphatic carbocycles. The number of nitrogens with zero attached hydrogens (tertiary/aromatic N) is 3. The number of aliphatic hydroxyl groups excluding tert-OH is 1. The number of fused-ring (bicyclic) bond motifs is 1. The van der Waals surface area contributed by atoms with Crippen molar-refractivity contribution < 1.29 is 9.50 Å². The molecule has 196 valence electrons. The third-order valence-corrected chi connectivity index (χ3v) is 7.86. The molecule has 0 spiro atoms. The maximum Gasteiger partial charge on any atom is 0.123 e. The molecule has 0 saturated carbocycles. The highest BCUT2D eigenvalue weighted by Crippen LogP contribution is 2.32. The van der Waals surface area contributed by atoms with Crippen LogP contribution in [0.4, 0.5) is 10.1 Å². The number of benzene rings is 4. The minimum atomic E-state index is -0.327. The largest absolute Gasteiger partial charge is 0.392 e. The van der Waals surface area contributed by atoms with E-state index < -0.39 is 0 Å². The lowest BCUT2D eigenvalue weighted by Crippen LogP contribution is -2.46. The average molecular weight is 518 g/mol. The van der Waals surface area contributed by atoms with Crippen molar-refractivity contribution in [1.29, 1.82) is 0 Å². The molecule has 1 aliphatic heterocycles. The predicted octanol–water partition coefficient (Wildman–Crippen LogP) is 6.83. The second kappa shape index (κ2) is 11.0. The summed E-state index contributed by atoms with van der Waals surface area (Å²) in [5.74, 6) is -0.327. The number of aromatic nitrogens is 1. The SMILES string of the molecule is Cc1c(-c2ccc(-c3ccccc3CN3CCN(c4ccccc4)CC3)cc2)nc2ccc(F)cc2c1CO. The minimum Gasteiger partial charge on any atom is -0.392 e. The molecule has 1 aliphatic rings. The van der Waals surface area contributed by atoms with Crippen LogP contribution in [-0.4, -0.2) is 41.2 Å². The molecular weight excluding hydrogens is 485 g/mol. The Morgan fingerprint density at radius 3 is 2.23 bits per heavy atom. The summed E-state index contributed by atoms with van der Waals surface area (Å²) in [5, 5.41) is 10.7. The van der Waals surface area contributed by atoms with Crippen LogP contribution >= 0.6 is 0 Å². The lowest BCUT2D eigenvalue weighted by atomic mass is 9.95. The number of halogens is 1. The van der Waals surface area contributed by atoms with Crippen molar-refractivity contribution in [2.24, 2.45) is 0 Å². The zero-order valence-electron chi connectivity index (χ0n) is 22.1. The van der Waals surface area contributed by atoms with E-state index >= 15 is 0 Å². The van der Waals surface area contributed by atoms with E-state index in [1.54, 1.807) is 6.07 Å². The first kappa shape index (κ1) is 25.2. The molecular formula is C34H32FN3O. The number of pyridine rings is 1. The van der Waals surface area contributed by atoms with Crippen LogP contribution in [0, 0.1) is 12.7 Å². The van der Waals surface area contributed by atoms with Crippen molar-refractivity contribution in [1.82, 2.24) is 9.88 Å². The molecule has 5 aromatic rings. The zero-order valence-corrected chi connectivity index (χ0v) is 22.1. The van der Waals surface area contributed by atoms with Crippen LogP contribution < -0.4 is 4.90 Å². The minimum absolute atomic E-state index is 0.160. The van der Waals surface area contributed by atoms with Crippen LogP contribution in [0.1, 0.15) is 16.7 Å². The van der Waals surface area contributed by atoms with Crippen LogP contribution in [-0.2, 0) is 13.2 Å². The highest BCUT2D eigenvalue weighted by Gasteiger charge is 2.19. The molecule has 2 heterocycles. The summed E-state index contributed by atoms with van der Waals surface area (Å²) in [4.78, 5) is 9.83. The topological polar surface area (TPSA) is 39.6 Å². The normalized spacial score (nSPS) is 14.2. The smallest absolute Gasteiger partial charge is 0.123 e. The van der Waals surface area contributed by atoms with Gasteiger partial charge in [-0.3, -0.25) is 4.90 Å². The highest BCUT2D eigenvalue weighted by molar-refractivity contribution is 5.87. The van der Waals surface area contributed by atoms with Gasteiger partial charge in [-0.15, -0.1) is 0 Å². The number of hydrogen-bond donors (Lipinski definition) is 1. The number of anilines is 1. The second-order valence-electron chi connectivity index (χ2n) is 10.2. The van der Waals surface area contributed by atoms with Crippen LogP contribution in [0.2, 0.25) is 0 Å². The van der Waals surface area contributed by atoms with Gasteiger partial charge in [-0.1, -0.05) is 66.7 Å². The van der Waals surface area contributed by atoms with Gasteiger partial charge in [0.2, 0.25) is 0 Å². The van der Waals surface area contributed by atoms with Gasteiger partial charge in [0.15, 0.2) is 0 Å². The van der Waals surface area contributed by atoms with Crippen molar-refractivity contribution in [2.75, 3.05) is 31.1 Å². The molecule has 1 fully saturated rings. The molecule has 39 heavy (non-hydrogen) atoms. The Morgan fingerprint density at radius 1 is 0.795 bits per heavy atom.